The van der Waals surface area contributed by atoms with Crippen LogP contribution in [0.3, 0.4) is 0 Å². The smallest absolute Gasteiger partial charge is 0.267 e. The highest BCUT2D eigenvalue weighted by Crippen LogP contribution is 2.32. The van der Waals surface area contributed by atoms with Crippen molar-refractivity contribution in [3.63, 3.8) is 0 Å². The van der Waals surface area contributed by atoms with Gasteiger partial charge in [0.15, 0.2) is 5.13 Å². The average Bonchev–Trinajstić information content (AvgIpc) is 3.10. The van der Waals surface area contributed by atoms with E-state index in [0.717, 1.165) is 61.5 Å². The first kappa shape index (κ1) is 17.3. The molecule has 1 saturated carbocycles. The predicted octanol–water partition coefficient (Wildman–Crippen LogP) is 2.44. The lowest BCUT2D eigenvalue weighted by Crippen LogP contribution is -2.35. The Hall–Kier alpha value is -1.77. The Morgan fingerprint density at radius 2 is 1.85 bits per heavy atom. The molecule has 0 bridgehead atoms. The van der Waals surface area contributed by atoms with Gasteiger partial charge in [-0.15, -0.1) is 0 Å². The first-order valence-corrected chi connectivity index (χ1v) is 10.6. The fourth-order valence-corrected chi connectivity index (χ4v) is 5.24. The molecule has 144 valence electrons. The Kier molecular flexibility index (Phi) is 4.71. The second-order valence-electron chi connectivity index (χ2n) is 7.54. The first-order valence-electron chi connectivity index (χ1n) is 9.78. The van der Waals surface area contributed by atoms with Gasteiger partial charge < -0.3 is 14.8 Å². The van der Waals surface area contributed by atoms with Crippen LogP contribution in [-0.4, -0.2) is 34.0 Å². The number of rotatable bonds is 3. The summed E-state index contributed by atoms with van der Waals surface area (Å²) in [6, 6.07) is 2.33. The van der Waals surface area contributed by atoms with E-state index in [1.807, 2.05) is 0 Å². The third kappa shape index (κ3) is 3.53. The van der Waals surface area contributed by atoms with Crippen LogP contribution >= 0.6 is 11.3 Å². The molecule has 3 aliphatic rings. The molecule has 1 aliphatic carbocycles. The zero-order valence-electron chi connectivity index (χ0n) is 15.3. The Labute approximate surface area is 161 Å². The van der Waals surface area contributed by atoms with Crippen molar-refractivity contribution in [2.45, 2.75) is 63.8 Å². The molecule has 0 radical (unpaired) electrons. The van der Waals surface area contributed by atoms with Crippen molar-refractivity contribution in [1.82, 2.24) is 14.8 Å². The fraction of sp³-hybridized carbons (Fsp3) is 0.632. The Morgan fingerprint density at radius 3 is 2.67 bits per heavy atom. The van der Waals surface area contributed by atoms with Crippen molar-refractivity contribution >= 4 is 16.5 Å². The summed E-state index contributed by atoms with van der Waals surface area (Å²) in [6.45, 7) is 2.67. The number of ether oxygens (including phenoxy) is 2. The number of hydrogen-bond donors (Lipinski definition) is 1. The van der Waals surface area contributed by atoms with Crippen LogP contribution in [0.4, 0.5) is 5.13 Å². The summed E-state index contributed by atoms with van der Waals surface area (Å²) in [5, 5.41) is 9.28. The van der Waals surface area contributed by atoms with Crippen molar-refractivity contribution in [2.75, 3.05) is 18.5 Å². The summed E-state index contributed by atoms with van der Waals surface area (Å²) in [6.07, 6.45) is 5.70. The van der Waals surface area contributed by atoms with E-state index in [1.165, 1.54) is 10.6 Å². The summed E-state index contributed by atoms with van der Waals surface area (Å²) >= 11 is 1.72. The molecule has 0 aromatic carbocycles. The molecule has 0 spiro atoms. The zero-order valence-corrected chi connectivity index (χ0v) is 16.1. The lowest BCUT2D eigenvalue weighted by molar-refractivity contribution is 0.107. The normalized spacial score (nSPS) is 24.9. The minimum absolute atomic E-state index is 0.00302. The van der Waals surface area contributed by atoms with Gasteiger partial charge in [0, 0.05) is 30.5 Å². The Morgan fingerprint density at radius 1 is 1.07 bits per heavy atom. The molecule has 5 rings (SSSR count). The van der Waals surface area contributed by atoms with Gasteiger partial charge in [0.1, 0.15) is 0 Å². The number of nitrogens with one attached hydrogen (secondary N) is 1. The van der Waals surface area contributed by atoms with Crippen LogP contribution in [0, 0.1) is 0 Å². The van der Waals surface area contributed by atoms with Crippen LogP contribution in [0.15, 0.2) is 10.9 Å². The van der Waals surface area contributed by atoms with Gasteiger partial charge in [0.2, 0.25) is 0 Å². The largest absolute Gasteiger partial charge is 0.376 e. The number of aromatic nitrogens is 3. The zero-order chi connectivity index (χ0) is 18.2. The molecule has 0 atom stereocenters. The first-order chi connectivity index (χ1) is 13.3. The SMILES string of the molecule is O=c1cc2c(nn1C1CCC(Nc3nc4c(s3)COCC4)CC1)CCOC2. The molecular formula is C19H24N4O3S. The molecule has 8 heteroatoms. The van der Waals surface area contributed by atoms with Gasteiger partial charge in [0.05, 0.1) is 48.7 Å². The van der Waals surface area contributed by atoms with Crippen LogP contribution < -0.4 is 10.9 Å². The van der Waals surface area contributed by atoms with Gasteiger partial charge in [-0.1, -0.05) is 11.3 Å². The van der Waals surface area contributed by atoms with Crippen molar-refractivity contribution in [1.29, 1.82) is 0 Å². The summed E-state index contributed by atoms with van der Waals surface area (Å²) in [5.74, 6) is 0. The lowest BCUT2D eigenvalue weighted by atomic mass is 9.91. The molecule has 2 aromatic heterocycles. The molecule has 0 unspecified atom stereocenters. The minimum Gasteiger partial charge on any atom is -0.376 e. The van der Waals surface area contributed by atoms with Crippen LogP contribution in [-0.2, 0) is 35.5 Å². The third-order valence-corrected chi connectivity index (χ3v) is 6.73. The molecule has 27 heavy (non-hydrogen) atoms. The van der Waals surface area contributed by atoms with E-state index < -0.39 is 0 Å². The monoisotopic (exact) mass is 388 g/mol. The molecule has 1 fully saturated rings. The maximum atomic E-state index is 12.5. The van der Waals surface area contributed by atoms with Crippen molar-refractivity contribution in [2.24, 2.45) is 0 Å². The van der Waals surface area contributed by atoms with Crippen molar-refractivity contribution in [3.8, 4) is 0 Å². The average molecular weight is 388 g/mol. The number of thiazole rings is 1. The number of anilines is 1. The van der Waals surface area contributed by atoms with E-state index >= 15 is 0 Å². The van der Waals surface area contributed by atoms with E-state index in [1.54, 1.807) is 22.1 Å². The quantitative estimate of drug-likeness (QED) is 0.870. The lowest BCUT2D eigenvalue weighted by Gasteiger charge is -2.30. The van der Waals surface area contributed by atoms with E-state index in [4.69, 9.17) is 14.5 Å². The highest BCUT2D eigenvalue weighted by Gasteiger charge is 2.26. The van der Waals surface area contributed by atoms with E-state index in [9.17, 15) is 4.79 Å². The second kappa shape index (κ2) is 7.33. The number of fused-ring (bicyclic) bond motifs is 2. The highest BCUT2D eigenvalue weighted by atomic mass is 32.1. The number of nitrogens with zero attached hydrogens (tertiary/aromatic N) is 3. The summed E-state index contributed by atoms with van der Waals surface area (Å²) < 4.78 is 12.7. The summed E-state index contributed by atoms with van der Waals surface area (Å²) in [7, 11) is 0. The van der Waals surface area contributed by atoms with E-state index in [2.05, 4.69) is 10.4 Å². The Bertz CT molecular complexity index is 862. The minimum atomic E-state index is 0.00302. The molecule has 2 aromatic rings. The van der Waals surface area contributed by atoms with Crippen LogP contribution in [0.25, 0.3) is 0 Å². The molecule has 1 N–H and O–H groups in total. The van der Waals surface area contributed by atoms with E-state index in [-0.39, 0.29) is 11.6 Å². The van der Waals surface area contributed by atoms with Gasteiger partial charge in [-0.25, -0.2) is 9.67 Å². The highest BCUT2D eigenvalue weighted by molar-refractivity contribution is 7.15. The van der Waals surface area contributed by atoms with Crippen LogP contribution in [0.1, 0.15) is 53.6 Å². The van der Waals surface area contributed by atoms with Gasteiger partial charge in [0.25, 0.3) is 5.56 Å². The molecule has 0 amide bonds. The van der Waals surface area contributed by atoms with Crippen LogP contribution in [0.5, 0.6) is 0 Å². The molecule has 4 heterocycles. The molecule has 7 nitrogen and oxygen atoms in total. The fourth-order valence-electron chi connectivity index (χ4n) is 4.22. The summed E-state index contributed by atoms with van der Waals surface area (Å²) in [4.78, 5) is 18.5. The maximum Gasteiger partial charge on any atom is 0.267 e. The topological polar surface area (TPSA) is 78.3 Å². The standard InChI is InChI=1S/C19H24N4O3S/c24-18-9-12-10-25-7-5-15(12)22-23(18)14-3-1-13(2-4-14)20-19-21-16-6-8-26-11-17(16)27-19/h9,13-14H,1-8,10-11H2,(H,20,21). The summed E-state index contributed by atoms with van der Waals surface area (Å²) in [5.41, 5.74) is 3.17. The molecular weight excluding hydrogens is 364 g/mol. The van der Waals surface area contributed by atoms with Gasteiger partial charge >= 0.3 is 0 Å². The maximum absolute atomic E-state index is 12.5. The predicted molar refractivity (Wildman–Crippen MR) is 102 cm³/mol. The van der Waals surface area contributed by atoms with E-state index in [0.29, 0.717) is 25.9 Å². The third-order valence-electron chi connectivity index (χ3n) is 5.73. The van der Waals surface area contributed by atoms with Crippen molar-refractivity contribution < 1.29 is 9.47 Å². The molecule has 0 saturated heterocycles. The van der Waals surface area contributed by atoms with Gasteiger partial charge in [-0.2, -0.15) is 5.10 Å². The van der Waals surface area contributed by atoms with Crippen LogP contribution in [0.2, 0.25) is 0 Å². The second-order valence-corrected chi connectivity index (χ2v) is 8.63. The van der Waals surface area contributed by atoms with Gasteiger partial charge in [-0.05, 0) is 25.7 Å². The number of hydrogen-bond acceptors (Lipinski definition) is 7. The molecule has 2 aliphatic heterocycles. The Balaban J connectivity index is 1.24. The van der Waals surface area contributed by atoms with Gasteiger partial charge in [-0.3, -0.25) is 4.79 Å². The van der Waals surface area contributed by atoms with Crippen molar-refractivity contribution in [3.05, 3.63) is 38.2 Å².